The summed E-state index contributed by atoms with van der Waals surface area (Å²) in [6.45, 7) is 0.0229. The van der Waals surface area contributed by atoms with Crippen molar-refractivity contribution in [1.82, 2.24) is 9.47 Å². The number of nitriles is 1. The average molecular weight is 430 g/mol. The number of benzene rings is 2. The summed E-state index contributed by atoms with van der Waals surface area (Å²) >= 11 is 0.836. The number of hydrogen-bond donors (Lipinski definition) is 0. The maximum atomic E-state index is 12.9. The monoisotopic (exact) mass is 430 g/mol. The number of imide groups is 1. The van der Waals surface area contributed by atoms with Gasteiger partial charge in [-0.25, -0.2) is 0 Å². The Balaban J connectivity index is 1.60. The Labute approximate surface area is 181 Å². The molecule has 0 bridgehead atoms. The van der Waals surface area contributed by atoms with Crippen molar-refractivity contribution in [2.24, 2.45) is 0 Å². The topological polar surface area (TPSA) is 109 Å². The first-order valence-electron chi connectivity index (χ1n) is 9.13. The van der Waals surface area contributed by atoms with Crippen LogP contribution in [-0.4, -0.2) is 25.5 Å². The molecule has 1 aromatic heterocycles. The molecule has 1 aliphatic heterocycles. The van der Waals surface area contributed by atoms with Crippen LogP contribution in [-0.2, 0) is 11.3 Å². The highest BCUT2D eigenvalue weighted by Crippen LogP contribution is 2.34. The lowest BCUT2D eigenvalue weighted by molar-refractivity contribution is -0.384. The Morgan fingerprint density at radius 2 is 1.81 bits per heavy atom. The molecule has 152 valence electrons. The van der Waals surface area contributed by atoms with Crippen LogP contribution in [0.1, 0.15) is 16.8 Å². The number of carbonyl (C=O) groups is 2. The van der Waals surface area contributed by atoms with Crippen LogP contribution < -0.4 is 0 Å². The zero-order valence-corrected chi connectivity index (χ0v) is 16.8. The molecule has 0 N–H and O–H groups in total. The van der Waals surface area contributed by atoms with E-state index < -0.39 is 16.1 Å². The molecule has 2 amide bonds. The molecule has 2 heterocycles. The molecule has 0 aliphatic carbocycles. The van der Waals surface area contributed by atoms with E-state index in [1.165, 1.54) is 12.1 Å². The number of aromatic nitrogens is 1. The Hall–Kier alpha value is -4.16. The smallest absolute Gasteiger partial charge is 0.293 e. The SMILES string of the molecule is N#Cc1ccccc1CN1C(=O)S/C(=C/c2cccn2-c2ccc([N+](=O)[O-])cc2)C1=O. The first-order valence-corrected chi connectivity index (χ1v) is 9.95. The summed E-state index contributed by atoms with van der Waals surface area (Å²) in [7, 11) is 0. The predicted octanol–water partition coefficient (Wildman–Crippen LogP) is 4.49. The van der Waals surface area contributed by atoms with E-state index in [1.807, 2.05) is 0 Å². The molecule has 9 heteroatoms. The summed E-state index contributed by atoms with van der Waals surface area (Å²) in [6.07, 6.45) is 3.38. The summed E-state index contributed by atoms with van der Waals surface area (Å²) in [5, 5.41) is 19.7. The molecule has 0 radical (unpaired) electrons. The third kappa shape index (κ3) is 3.97. The third-order valence-corrected chi connectivity index (χ3v) is 5.65. The van der Waals surface area contributed by atoms with Crippen molar-refractivity contribution >= 4 is 34.7 Å². The molecule has 0 spiro atoms. The van der Waals surface area contributed by atoms with Gasteiger partial charge in [0.15, 0.2) is 0 Å². The van der Waals surface area contributed by atoms with Gasteiger partial charge in [-0.15, -0.1) is 0 Å². The van der Waals surface area contributed by atoms with Crippen molar-refractivity contribution in [2.75, 3.05) is 0 Å². The quantitative estimate of drug-likeness (QED) is 0.335. The highest BCUT2D eigenvalue weighted by atomic mass is 32.2. The van der Waals surface area contributed by atoms with Crippen LogP contribution in [0.2, 0.25) is 0 Å². The minimum Gasteiger partial charge on any atom is -0.317 e. The number of amides is 2. The number of nitro groups is 1. The molecule has 0 unspecified atom stereocenters. The van der Waals surface area contributed by atoms with Crippen molar-refractivity contribution in [3.63, 3.8) is 0 Å². The lowest BCUT2D eigenvalue weighted by Gasteiger charge is -2.13. The van der Waals surface area contributed by atoms with Gasteiger partial charge < -0.3 is 4.57 Å². The minimum absolute atomic E-state index is 0.0174. The summed E-state index contributed by atoms with van der Waals surface area (Å²) in [4.78, 5) is 37.1. The van der Waals surface area contributed by atoms with Gasteiger partial charge in [0.25, 0.3) is 16.8 Å². The molecule has 1 saturated heterocycles. The fourth-order valence-corrected chi connectivity index (χ4v) is 4.01. The van der Waals surface area contributed by atoms with Crippen molar-refractivity contribution in [1.29, 1.82) is 5.26 Å². The van der Waals surface area contributed by atoms with E-state index >= 15 is 0 Å². The number of carbonyl (C=O) groups excluding carboxylic acids is 2. The van der Waals surface area contributed by atoms with Gasteiger partial charge in [0, 0.05) is 29.7 Å². The zero-order valence-electron chi connectivity index (χ0n) is 16.0. The molecule has 1 aliphatic rings. The van der Waals surface area contributed by atoms with Crippen LogP contribution in [0.15, 0.2) is 71.8 Å². The van der Waals surface area contributed by atoms with E-state index in [-0.39, 0.29) is 17.1 Å². The van der Waals surface area contributed by atoms with Crippen molar-refractivity contribution in [3.8, 4) is 11.8 Å². The molecule has 0 saturated carbocycles. The Kier molecular flexibility index (Phi) is 5.39. The normalized spacial score (nSPS) is 14.8. The highest BCUT2D eigenvalue weighted by molar-refractivity contribution is 8.18. The fourth-order valence-electron chi connectivity index (χ4n) is 3.19. The van der Waals surface area contributed by atoms with Crippen molar-refractivity contribution in [2.45, 2.75) is 6.54 Å². The Morgan fingerprint density at radius 1 is 1.06 bits per heavy atom. The van der Waals surface area contributed by atoms with E-state index in [1.54, 1.807) is 65.4 Å². The molecule has 31 heavy (non-hydrogen) atoms. The summed E-state index contributed by atoms with van der Waals surface area (Å²) in [6, 6.07) is 18.5. The number of nitrogens with zero attached hydrogens (tertiary/aromatic N) is 4. The molecule has 3 aromatic rings. The van der Waals surface area contributed by atoms with Gasteiger partial charge in [0.1, 0.15) is 0 Å². The van der Waals surface area contributed by atoms with Crippen LogP contribution in [0.5, 0.6) is 0 Å². The molecule has 0 atom stereocenters. The molecular formula is C22H14N4O4S. The molecule has 4 rings (SSSR count). The molecule has 8 nitrogen and oxygen atoms in total. The van der Waals surface area contributed by atoms with Gasteiger partial charge in [-0.1, -0.05) is 18.2 Å². The minimum atomic E-state index is -0.471. The van der Waals surface area contributed by atoms with Gasteiger partial charge in [-0.2, -0.15) is 5.26 Å². The largest absolute Gasteiger partial charge is 0.317 e. The first-order chi connectivity index (χ1) is 15.0. The van der Waals surface area contributed by atoms with Crippen LogP contribution in [0.25, 0.3) is 11.8 Å². The second-order valence-corrected chi connectivity index (χ2v) is 7.61. The van der Waals surface area contributed by atoms with Gasteiger partial charge in [-0.05, 0) is 53.7 Å². The lowest BCUT2D eigenvalue weighted by Crippen LogP contribution is -2.27. The standard InChI is InChI=1S/C22H14N4O4S/c23-13-15-4-1-2-5-16(15)14-25-21(27)20(31-22(25)28)12-19-6-3-11-24(19)17-7-9-18(10-8-17)26(29)30/h1-12H,14H2/b20-12+. The molecule has 1 fully saturated rings. The number of rotatable bonds is 5. The van der Waals surface area contributed by atoms with Crippen LogP contribution in [0.3, 0.4) is 0 Å². The zero-order chi connectivity index (χ0) is 22.0. The number of thioether (sulfide) groups is 1. The van der Waals surface area contributed by atoms with E-state index in [0.29, 0.717) is 22.5 Å². The van der Waals surface area contributed by atoms with E-state index in [0.717, 1.165) is 16.7 Å². The predicted molar refractivity (Wildman–Crippen MR) is 115 cm³/mol. The third-order valence-electron chi connectivity index (χ3n) is 4.74. The van der Waals surface area contributed by atoms with Crippen molar-refractivity contribution in [3.05, 3.63) is 98.7 Å². The van der Waals surface area contributed by atoms with Crippen LogP contribution in [0.4, 0.5) is 10.5 Å². The fraction of sp³-hybridized carbons (Fsp3) is 0.0455. The van der Waals surface area contributed by atoms with Gasteiger partial charge >= 0.3 is 0 Å². The van der Waals surface area contributed by atoms with Crippen molar-refractivity contribution < 1.29 is 14.5 Å². The van der Waals surface area contributed by atoms with E-state index in [2.05, 4.69) is 6.07 Å². The molecule has 2 aromatic carbocycles. The second kappa shape index (κ2) is 8.30. The summed E-state index contributed by atoms with van der Waals surface area (Å²) in [5.74, 6) is -0.431. The molecular weight excluding hydrogens is 416 g/mol. The number of hydrogen-bond acceptors (Lipinski definition) is 6. The van der Waals surface area contributed by atoms with Crippen LogP contribution >= 0.6 is 11.8 Å². The Bertz CT molecular complexity index is 1270. The number of nitro benzene ring substituents is 1. The summed E-state index contributed by atoms with van der Waals surface area (Å²) < 4.78 is 1.77. The van der Waals surface area contributed by atoms with E-state index in [9.17, 15) is 25.0 Å². The highest BCUT2D eigenvalue weighted by Gasteiger charge is 2.35. The van der Waals surface area contributed by atoms with Gasteiger partial charge in [-0.3, -0.25) is 24.6 Å². The van der Waals surface area contributed by atoms with E-state index in [4.69, 9.17) is 0 Å². The first kappa shape index (κ1) is 20.1. The lowest BCUT2D eigenvalue weighted by atomic mass is 10.1. The van der Waals surface area contributed by atoms with Crippen LogP contribution in [0, 0.1) is 21.4 Å². The summed E-state index contributed by atoms with van der Waals surface area (Å²) in [5.41, 5.74) is 2.33. The average Bonchev–Trinajstić information content (AvgIpc) is 3.34. The number of non-ortho nitro benzene ring substituents is 1. The Morgan fingerprint density at radius 3 is 2.52 bits per heavy atom. The maximum Gasteiger partial charge on any atom is 0.293 e. The maximum absolute atomic E-state index is 12.9. The van der Waals surface area contributed by atoms with Gasteiger partial charge in [0.2, 0.25) is 0 Å². The second-order valence-electron chi connectivity index (χ2n) is 6.61. The van der Waals surface area contributed by atoms with Gasteiger partial charge in [0.05, 0.1) is 28.0 Å².